The summed E-state index contributed by atoms with van der Waals surface area (Å²) < 4.78 is 7.48. The van der Waals surface area contributed by atoms with Gasteiger partial charge in [-0.05, 0) is 81.1 Å². The number of halogens is 2. The van der Waals surface area contributed by atoms with Crippen molar-refractivity contribution in [3.05, 3.63) is 100 Å². The lowest BCUT2D eigenvalue weighted by atomic mass is 10.1. The van der Waals surface area contributed by atoms with Gasteiger partial charge in [-0.2, -0.15) is 10.5 Å². The van der Waals surface area contributed by atoms with Crippen LogP contribution in [0.15, 0.2) is 66.2 Å². The van der Waals surface area contributed by atoms with E-state index < -0.39 is 10.8 Å². The second kappa shape index (κ2) is 11.6. The maximum atomic E-state index is 12.6. The monoisotopic (exact) mass is 676 g/mol. The molecule has 0 aliphatic carbocycles. The molecule has 3 aromatic rings. The SMILES string of the molecule is N#C/C(=C\c1cc(I)c(OCc2ccccc2C#N)c(I)c1)C(=O)Nc1cccc([N+](=O)[O-])c1. The summed E-state index contributed by atoms with van der Waals surface area (Å²) in [6, 6.07) is 20.2. The molecule has 34 heavy (non-hydrogen) atoms. The third-order valence-corrected chi connectivity index (χ3v) is 6.12. The highest BCUT2D eigenvalue weighted by molar-refractivity contribution is 14.1. The van der Waals surface area contributed by atoms with E-state index in [4.69, 9.17) is 4.74 Å². The Bertz CT molecular complexity index is 1370. The molecule has 0 heterocycles. The lowest BCUT2D eigenvalue weighted by Gasteiger charge is -2.12. The van der Waals surface area contributed by atoms with Gasteiger partial charge in [0.2, 0.25) is 0 Å². The predicted molar refractivity (Wildman–Crippen MR) is 143 cm³/mol. The normalized spacial score (nSPS) is 10.6. The third-order valence-electron chi connectivity index (χ3n) is 4.52. The number of non-ortho nitro benzene ring substituents is 1. The summed E-state index contributed by atoms with van der Waals surface area (Å²) >= 11 is 4.21. The van der Waals surface area contributed by atoms with E-state index in [1.807, 2.05) is 18.2 Å². The number of anilines is 1. The van der Waals surface area contributed by atoms with Crippen molar-refractivity contribution < 1.29 is 14.5 Å². The first kappa shape index (κ1) is 25.1. The van der Waals surface area contributed by atoms with Crippen LogP contribution in [0.1, 0.15) is 16.7 Å². The number of hydrogen-bond acceptors (Lipinski definition) is 6. The molecule has 0 bridgehead atoms. The topological polar surface area (TPSA) is 129 Å². The Morgan fingerprint density at radius 2 is 1.79 bits per heavy atom. The first-order valence-corrected chi connectivity index (χ1v) is 11.8. The first-order chi connectivity index (χ1) is 16.3. The molecule has 0 saturated heterocycles. The standard InChI is InChI=1S/C24H14I2N4O4/c25-21-9-15(10-22(26)23(21)34-14-17-5-2-1-4-16(17)12-27)8-18(13-28)24(31)29-19-6-3-7-20(11-19)30(32)33/h1-11H,14H2,(H,29,31)/b18-8+. The van der Waals surface area contributed by atoms with Crippen LogP contribution in [0, 0.1) is 39.9 Å². The van der Waals surface area contributed by atoms with E-state index in [0.717, 1.165) is 12.7 Å². The summed E-state index contributed by atoms with van der Waals surface area (Å²) in [6.07, 6.45) is 1.44. The average molecular weight is 676 g/mol. The van der Waals surface area contributed by atoms with Crippen LogP contribution in [-0.2, 0) is 11.4 Å². The molecule has 1 N–H and O–H groups in total. The Labute approximate surface area is 222 Å². The average Bonchev–Trinajstić information content (AvgIpc) is 2.82. The summed E-state index contributed by atoms with van der Waals surface area (Å²) in [4.78, 5) is 22.9. The molecule has 168 valence electrons. The number of amides is 1. The van der Waals surface area contributed by atoms with Gasteiger partial charge in [0.15, 0.2) is 0 Å². The van der Waals surface area contributed by atoms with Crippen LogP contribution in [0.5, 0.6) is 5.75 Å². The van der Waals surface area contributed by atoms with E-state index in [0.29, 0.717) is 16.9 Å². The van der Waals surface area contributed by atoms with E-state index in [1.165, 1.54) is 30.3 Å². The molecule has 3 aromatic carbocycles. The summed E-state index contributed by atoms with van der Waals surface area (Å²) in [5.41, 5.74) is 1.81. The maximum Gasteiger partial charge on any atom is 0.271 e. The molecule has 0 radical (unpaired) electrons. The molecule has 0 aliphatic rings. The van der Waals surface area contributed by atoms with Crippen molar-refractivity contribution in [1.29, 1.82) is 10.5 Å². The fourth-order valence-corrected chi connectivity index (χ4v) is 5.04. The number of nitro groups is 1. The zero-order valence-electron chi connectivity index (χ0n) is 17.3. The van der Waals surface area contributed by atoms with Crippen molar-refractivity contribution in [2.45, 2.75) is 6.61 Å². The molecule has 0 fully saturated rings. The quantitative estimate of drug-likeness (QED) is 0.111. The zero-order chi connectivity index (χ0) is 24.7. The predicted octanol–water partition coefficient (Wildman–Crippen LogP) is 5.80. The number of nitrogens with zero attached hydrogens (tertiary/aromatic N) is 3. The van der Waals surface area contributed by atoms with Gasteiger partial charge in [-0.25, -0.2) is 0 Å². The molecule has 0 spiro atoms. The zero-order valence-corrected chi connectivity index (χ0v) is 21.6. The fourth-order valence-electron chi connectivity index (χ4n) is 2.92. The molecule has 10 heteroatoms. The van der Waals surface area contributed by atoms with Crippen molar-refractivity contribution in [3.8, 4) is 17.9 Å². The Hall–Kier alpha value is -3.49. The van der Waals surface area contributed by atoms with Crippen molar-refractivity contribution in [1.82, 2.24) is 0 Å². The fraction of sp³-hybridized carbons (Fsp3) is 0.0417. The van der Waals surface area contributed by atoms with Crippen molar-refractivity contribution >= 4 is 68.5 Å². The minimum atomic E-state index is -0.679. The Kier molecular flexibility index (Phi) is 8.56. The van der Waals surface area contributed by atoms with Crippen LogP contribution in [0.4, 0.5) is 11.4 Å². The van der Waals surface area contributed by atoms with Crippen LogP contribution in [-0.4, -0.2) is 10.8 Å². The Balaban J connectivity index is 1.79. The van der Waals surface area contributed by atoms with E-state index >= 15 is 0 Å². The van der Waals surface area contributed by atoms with Crippen molar-refractivity contribution in [2.24, 2.45) is 0 Å². The lowest BCUT2D eigenvalue weighted by molar-refractivity contribution is -0.384. The van der Waals surface area contributed by atoms with Gasteiger partial charge in [0.1, 0.15) is 24.0 Å². The minimum absolute atomic E-state index is 0.158. The van der Waals surface area contributed by atoms with Gasteiger partial charge in [-0.15, -0.1) is 0 Å². The first-order valence-electron chi connectivity index (χ1n) is 9.60. The summed E-state index contributed by atoms with van der Waals surface area (Å²) in [7, 11) is 0. The van der Waals surface area contributed by atoms with Gasteiger partial charge in [0.05, 0.1) is 23.7 Å². The molecular weight excluding hydrogens is 662 g/mol. The molecule has 0 aromatic heterocycles. The van der Waals surface area contributed by atoms with Crippen LogP contribution in [0.25, 0.3) is 6.08 Å². The number of ether oxygens (including phenoxy) is 1. The van der Waals surface area contributed by atoms with Gasteiger partial charge in [-0.3, -0.25) is 14.9 Å². The number of nitro benzene ring substituents is 1. The van der Waals surface area contributed by atoms with Gasteiger partial charge in [0.25, 0.3) is 11.6 Å². The molecule has 0 atom stereocenters. The second-order valence-corrected chi connectivity index (χ2v) is 9.13. The van der Waals surface area contributed by atoms with Crippen molar-refractivity contribution in [2.75, 3.05) is 5.32 Å². The molecule has 1 amide bonds. The number of nitriles is 2. The number of carbonyl (C=O) groups is 1. The Morgan fingerprint density at radius 1 is 1.09 bits per heavy atom. The van der Waals surface area contributed by atoms with Crippen LogP contribution < -0.4 is 10.1 Å². The summed E-state index contributed by atoms with van der Waals surface area (Å²) in [6.45, 7) is 0.222. The molecule has 3 rings (SSSR count). The van der Waals surface area contributed by atoms with Crippen LogP contribution in [0.3, 0.4) is 0 Å². The number of benzene rings is 3. The summed E-state index contributed by atoms with van der Waals surface area (Å²) in [5, 5.41) is 32.2. The highest BCUT2D eigenvalue weighted by Crippen LogP contribution is 2.31. The Morgan fingerprint density at radius 3 is 2.44 bits per heavy atom. The number of nitrogens with one attached hydrogen (secondary N) is 1. The molecule has 0 aliphatic heterocycles. The minimum Gasteiger partial charge on any atom is -0.487 e. The van der Waals surface area contributed by atoms with Crippen LogP contribution >= 0.6 is 45.2 Å². The maximum absolute atomic E-state index is 12.6. The van der Waals surface area contributed by atoms with Crippen molar-refractivity contribution in [3.63, 3.8) is 0 Å². The number of carbonyl (C=O) groups excluding carboxylic acids is 1. The highest BCUT2D eigenvalue weighted by Gasteiger charge is 2.14. The van der Waals surface area contributed by atoms with E-state index in [9.17, 15) is 25.4 Å². The number of rotatable bonds is 7. The van der Waals surface area contributed by atoms with E-state index in [-0.39, 0.29) is 23.6 Å². The molecular formula is C24H14I2N4O4. The van der Waals surface area contributed by atoms with Gasteiger partial charge in [-0.1, -0.05) is 24.3 Å². The highest BCUT2D eigenvalue weighted by atomic mass is 127. The smallest absolute Gasteiger partial charge is 0.271 e. The molecule has 0 saturated carbocycles. The van der Waals surface area contributed by atoms with E-state index in [2.05, 4.69) is 56.6 Å². The van der Waals surface area contributed by atoms with Gasteiger partial charge >= 0.3 is 0 Å². The lowest BCUT2D eigenvalue weighted by Crippen LogP contribution is -2.13. The third kappa shape index (κ3) is 6.30. The van der Waals surface area contributed by atoms with Gasteiger partial charge < -0.3 is 10.1 Å². The number of hydrogen-bond donors (Lipinski definition) is 1. The molecule has 8 nitrogen and oxygen atoms in total. The van der Waals surface area contributed by atoms with Gasteiger partial charge in [0, 0.05) is 23.4 Å². The molecule has 0 unspecified atom stereocenters. The largest absolute Gasteiger partial charge is 0.487 e. The second-order valence-electron chi connectivity index (χ2n) is 6.80. The van der Waals surface area contributed by atoms with Crippen LogP contribution in [0.2, 0.25) is 0 Å². The summed E-state index contributed by atoms with van der Waals surface area (Å²) in [5.74, 6) is -0.0490. The van der Waals surface area contributed by atoms with E-state index in [1.54, 1.807) is 24.3 Å².